The Balaban J connectivity index is 1.76. The van der Waals surface area contributed by atoms with Crippen molar-refractivity contribution in [3.05, 3.63) is 70.1 Å². The molecule has 1 aromatic heterocycles. The number of benzene rings is 2. The minimum Gasteiger partial charge on any atom is -0.425 e. The van der Waals surface area contributed by atoms with E-state index in [0.717, 1.165) is 35.8 Å². The topological polar surface area (TPSA) is 103 Å². The summed E-state index contributed by atoms with van der Waals surface area (Å²) in [5.74, 6) is -0.616. The van der Waals surface area contributed by atoms with Gasteiger partial charge in [-0.25, -0.2) is 18.0 Å². The molecule has 1 atom stereocenters. The summed E-state index contributed by atoms with van der Waals surface area (Å²) in [6, 6.07) is 11.4. The molecule has 0 bridgehead atoms. The highest BCUT2D eigenvalue weighted by molar-refractivity contribution is 7.89. The van der Waals surface area contributed by atoms with Crippen molar-refractivity contribution in [3.63, 3.8) is 0 Å². The van der Waals surface area contributed by atoms with Gasteiger partial charge in [-0.15, -0.1) is 0 Å². The molecule has 0 saturated heterocycles. The lowest BCUT2D eigenvalue weighted by molar-refractivity contribution is -0.135. The Labute approximate surface area is 181 Å². The maximum Gasteiger partial charge on any atom is 0.336 e. The number of hydrogen-bond donors (Lipinski definition) is 1. The summed E-state index contributed by atoms with van der Waals surface area (Å²) >= 11 is 0. The number of nitrogens with one attached hydrogen (secondary N) is 1. The molecule has 1 heterocycles. The Morgan fingerprint density at radius 2 is 1.84 bits per heavy atom. The second-order valence-corrected chi connectivity index (χ2v) is 9.14. The number of rotatable bonds is 8. The summed E-state index contributed by atoms with van der Waals surface area (Å²) in [5, 5.41) is 0.779. The number of carbonyl (C=O) groups is 1. The van der Waals surface area contributed by atoms with E-state index in [1.54, 1.807) is 24.3 Å². The maximum absolute atomic E-state index is 12.5. The van der Waals surface area contributed by atoms with Crippen molar-refractivity contribution in [1.29, 1.82) is 0 Å². The van der Waals surface area contributed by atoms with E-state index in [0.29, 0.717) is 5.58 Å². The van der Waals surface area contributed by atoms with Crippen LogP contribution < -0.4 is 15.1 Å². The van der Waals surface area contributed by atoms with Gasteiger partial charge in [0.05, 0.1) is 4.90 Å². The summed E-state index contributed by atoms with van der Waals surface area (Å²) in [5.41, 5.74) is 1.65. The second kappa shape index (κ2) is 9.45. The highest BCUT2D eigenvalue weighted by Crippen LogP contribution is 2.24. The summed E-state index contributed by atoms with van der Waals surface area (Å²) in [4.78, 5) is 24.4. The van der Waals surface area contributed by atoms with Gasteiger partial charge in [-0.2, -0.15) is 4.72 Å². The van der Waals surface area contributed by atoms with Gasteiger partial charge in [-0.05, 0) is 56.5 Å². The molecule has 0 saturated carbocycles. The molecule has 2 aromatic carbocycles. The van der Waals surface area contributed by atoms with Crippen LogP contribution in [-0.4, -0.2) is 20.4 Å². The first-order valence-electron chi connectivity index (χ1n) is 10.1. The zero-order valence-corrected chi connectivity index (χ0v) is 18.5. The van der Waals surface area contributed by atoms with Gasteiger partial charge in [0.15, 0.2) is 0 Å². The lowest BCUT2D eigenvalue weighted by atomic mass is 10.0. The van der Waals surface area contributed by atoms with Crippen LogP contribution in [0.2, 0.25) is 0 Å². The third-order valence-corrected chi connectivity index (χ3v) is 6.39. The van der Waals surface area contributed by atoms with Crippen LogP contribution in [0.15, 0.2) is 62.6 Å². The average Bonchev–Trinajstić information content (AvgIpc) is 2.71. The van der Waals surface area contributed by atoms with Crippen molar-refractivity contribution in [2.75, 3.05) is 0 Å². The molecule has 164 valence electrons. The van der Waals surface area contributed by atoms with E-state index >= 15 is 0 Å². The number of ether oxygens (including phenoxy) is 1. The lowest BCUT2D eigenvalue weighted by Crippen LogP contribution is -2.40. The highest BCUT2D eigenvalue weighted by atomic mass is 32.2. The zero-order valence-electron chi connectivity index (χ0n) is 17.7. The first-order chi connectivity index (χ1) is 14.7. The van der Waals surface area contributed by atoms with Crippen molar-refractivity contribution in [1.82, 2.24) is 4.72 Å². The molecule has 0 fully saturated rings. The SMILES string of the molecule is CCCCc1cc(=O)oc2cc(OC(=O)C(C)NS(=O)(=O)c3ccc(C)cc3)ccc12. The lowest BCUT2D eigenvalue weighted by Gasteiger charge is -2.14. The smallest absolute Gasteiger partial charge is 0.336 e. The largest absolute Gasteiger partial charge is 0.425 e. The van der Waals surface area contributed by atoms with E-state index < -0.39 is 27.7 Å². The number of sulfonamides is 1. The average molecular weight is 444 g/mol. The van der Waals surface area contributed by atoms with Crippen molar-refractivity contribution >= 4 is 27.0 Å². The van der Waals surface area contributed by atoms with E-state index in [1.807, 2.05) is 6.92 Å². The minimum absolute atomic E-state index is 0.0600. The Morgan fingerprint density at radius 1 is 1.13 bits per heavy atom. The maximum atomic E-state index is 12.5. The van der Waals surface area contributed by atoms with Crippen molar-refractivity contribution in [3.8, 4) is 5.75 Å². The summed E-state index contributed by atoms with van der Waals surface area (Å²) in [6.45, 7) is 5.32. The van der Waals surface area contributed by atoms with Crippen molar-refractivity contribution in [2.45, 2.75) is 51.0 Å². The van der Waals surface area contributed by atoms with Crippen LogP contribution in [0.5, 0.6) is 5.75 Å². The first-order valence-corrected chi connectivity index (χ1v) is 11.6. The molecular weight excluding hydrogens is 418 g/mol. The van der Waals surface area contributed by atoms with Crippen LogP contribution in [0.1, 0.15) is 37.8 Å². The molecule has 0 radical (unpaired) electrons. The van der Waals surface area contributed by atoms with E-state index in [-0.39, 0.29) is 10.6 Å². The molecule has 3 rings (SSSR count). The van der Waals surface area contributed by atoms with E-state index in [9.17, 15) is 18.0 Å². The Hall–Kier alpha value is -2.97. The van der Waals surface area contributed by atoms with Crippen molar-refractivity contribution < 1.29 is 22.4 Å². The molecule has 7 nitrogen and oxygen atoms in total. The molecule has 0 aliphatic carbocycles. The fraction of sp³-hybridized carbons (Fsp3) is 0.304. The number of unbranched alkanes of at least 4 members (excludes halogenated alkanes) is 1. The van der Waals surface area contributed by atoms with E-state index in [4.69, 9.17) is 9.15 Å². The Bertz CT molecular complexity index is 1250. The van der Waals surface area contributed by atoms with Crippen LogP contribution >= 0.6 is 0 Å². The number of hydrogen-bond acceptors (Lipinski definition) is 6. The van der Waals surface area contributed by atoms with Gasteiger partial charge in [0.25, 0.3) is 0 Å². The molecule has 3 aromatic rings. The van der Waals surface area contributed by atoms with E-state index in [2.05, 4.69) is 11.6 Å². The molecule has 0 aliphatic rings. The molecule has 0 spiro atoms. The number of aryl methyl sites for hydroxylation is 2. The molecule has 0 amide bonds. The quantitative estimate of drug-likeness (QED) is 0.323. The predicted molar refractivity (Wildman–Crippen MR) is 118 cm³/mol. The predicted octanol–water partition coefficient (Wildman–Crippen LogP) is 3.72. The molecule has 0 aliphatic heterocycles. The van der Waals surface area contributed by atoms with Crippen LogP contribution in [0.25, 0.3) is 11.0 Å². The third-order valence-electron chi connectivity index (χ3n) is 4.84. The summed E-state index contributed by atoms with van der Waals surface area (Å²) < 4.78 is 37.8. The van der Waals surface area contributed by atoms with Gasteiger partial charge in [0.2, 0.25) is 10.0 Å². The molecule has 1 unspecified atom stereocenters. The van der Waals surface area contributed by atoms with Crippen LogP contribution in [-0.2, 0) is 21.2 Å². The standard InChI is InChI=1S/C23H25NO6S/c1-4-5-6-17-13-22(25)30-21-14-18(9-12-20(17)21)29-23(26)16(3)24-31(27,28)19-10-7-15(2)8-11-19/h7-14,16,24H,4-6H2,1-3H3. The van der Waals surface area contributed by atoms with Gasteiger partial charge in [-0.1, -0.05) is 31.0 Å². The van der Waals surface area contributed by atoms with Crippen LogP contribution in [0.4, 0.5) is 0 Å². The summed E-state index contributed by atoms with van der Waals surface area (Å²) in [6.07, 6.45) is 2.68. The minimum atomic E-state index is -3.88. The van der Waals surface area contributed by atoms with Crippen LogP contribution in [0, 0.1) is 6.92 Å². The highest BCUT2D eigenvalue weighted by Gasteiger charge is 2.23. The zero-order chi connectivity index (χ0) is 22.6. The van der Waals surface area contributed by atoms with Crippen LogP contribution in [0.3, 0.4) is 0 Å². The third kappa shape index (κ3) is 5.59. The fourth-order valence-electron chi connectivity index (χ4n) is 3.12. The molecular formula is C23H25NO6S. The van der Waals surface area contributed by atoms with Gasteiger partial charge in [0, 0.05) is 17.5 Å². The summed E-state index contributed by atoms with van der Waals surface area (Å²) in [7, 11) is -3.88. The first kappa shape index (κ1) is 22.7. The Morgan fingerprint density at radius 3 is 2.52 bits per heavy atom. The van der Waals surface area contributed by atoms with Gasteiger partial charge in [-0.3, -0.25) is 0 Å². The van der Waals surface area contributed by atoms with Gasteiger partial charge < -0.3 is 9.15 Å². The normalized spacial score (nSPS) is 12.6. The molecule has 31 heavy (non-hydrogen) atoms. The van der Waals surface area contributed by atoms with E-state index in [1.165, 1.54) is 31.2 Å². The van der Waals surface area contributed by atoms with Gasteiger partial charge >= 0.3 is 11.6 Å². The number of fused-ring (bicyclic) bond motifs is 1. The Kier molecular flexibility index (Phi) is 6.92. The molecule has 1 N–H and O–H groups in total. The van der Waals surface area contributed by atoms with Crippen molar-refractivity contribution in [2.24, 2.45) is 0 Å². The number of carbonyl (C=O) groups excluding carboxylic acids is 1. The second-order valence-electron chi connectivity index (χ2n) is 7.43. The monoisotopic (exact) mass is 443 g/mol. The number of esters is 1. The van der Waals surface area contributed by atoms with Gasteiger partial charge in [0.1, 0.15) is 17.4 Å². The fourth-order valence-corrected chi connectivity index (χ4v) is 4.31. The molecule has 8 heteroatoms.